The van der Waals surface area contributed by atoms with Crippen molar-refractivity contribution in [1.82, 2.24) is 10.2 Å². The monoisotopic (exact) mass is 384 g/mol. The molecule has 1 aliphatic rings. The number of carbonyl (C=O) groups is 2. The molecule has 4 atom stereocenters. The Balaban J connectivity index is 1.87. The van der Waals surface area contributed by atoms with E-state index in [-0.39, 0.29) is 11.8 Å². The van der Waals surface area contributed by atoms with Gasteiger partial charge in [-0.25, -0.2) is 9.18 Å². The molecule has 0 radical (unpaired) electrons. The first-order valence-electron chi connectivity index (χ1n) is 9.41. The topological polar surface area (TPSA) is 58.6 Å². The third-order valence-electron chi connectivity index (χ3n) is 5.08. The molecular formula is C22H25FN2O3. The van der Waals surface area contributed by atoms with E-state index in [0.29, 0.717) is 18.7 Å². The Morgan fingerprint density at radius 3 is 2.32 bits per heavy atom. The Labute approximate surface area is 164 Å². The first kappa shape index (κ1) is 20.0. The number of likely N-dealkylation sites (tertiary alicyclic amines) is 1. The van der Waals surface area contributed by atoms with Crippen LogP contribution in [0.1, 0.15) is 22.8 Å². The van der Waals surface area contributed by atoms with Crippen LogP contribution in [0, 0.1) is 5.92 Å². The van der Waals surface area contributed by atoms with Gasteiger partial charge in [0.25, 0.3) is 0 Å². The summed E-state index contributed by atoms with van der Waals surface area (Å²) in [5.41, 5.74) is 1.34. The van der Waals surface area contributed by atoms with E-state index in [1.54, 1.807) is 37.3 Å². The maximum atomic E-state index is 15.1. The van der Waals surface area contributed by atoms with Crippen LogP contribution in [0.4, 0.5) is 4.39 Å². The smallest absolute Gasteiger partial charge is 0.338 e. The van der Waals surface area contributed by atoms with E-state index < -0.39 is 24.3 Å². The van der Waals surface area contributed by atoms with Crippen molar-refractivity contribution in [2.24, 2.45) is 5.92 Å². The highest BCUT2D eigenvalue weighted by Gasteiger charge is 2.48. The predicted octanol–water partition coefficient (Wildman–Crippen LogP) is 2.82. The van der Waals surface area contributed by atoms with E-state index >= 15 is 4.39 Å². The van der Waals surface area contributed by atoms with Gasteiger partial charge >= 0.3 is 5.97 Å². The van der Waals surface area contributed by atoms with Gasteiger partial charge < -0.3 is 10.1 Å². The van der Waals surface area contributed by atoms with Crippen LogP contribution in [0.25, 0.3) is 0 Å². The summed E-state index contributed by atoms with van der Waals surface area (Å²) in [5, 5.41) is 2.59. The standard InChI is InChI=1S/C22H25FN2O3/c1-15-13-25(14-16-9-5-3-6-10-16)19(21(26)24-2)20(18(15)23)28-22(27)17-11-7-4-8-12-17/h3-12,15,18-20H,13-14H2,1-2H3,(H,24,26). The SMILES string of the molecule is CNC(=O)C1C(OC(=O)c2ccccc2)C(F)C(C)CN1Cc1ccccc1. The van der Waals surface area contributed by atoms with Gasteiger partial charge in [-0.2, -0.15) is 0 Å². The maximum Gasteiger partial charge on any atom is 0.338 e. The molecule has 148 valence electrons. The lowest BCUT2D eigenvalue weighted by Gasteiger charge is -2.44. The van der Waals surface area contributed by atoms with Crippen LogP contribution in [-0.2, 0) is 16.1 Å². The van der Waals surface area contributed by atoms with Crippen molar-refractivity contribution in [3.8, 4) is 0 Å². The third kappa shape index (κ3) is 4.39. The van der Waals surface area contributed by atoms with Gasteiger partial charge in [0.15, 0.2) is 6.10 Å². The number of nitrogens with one attached hydrogen (secondary N) is 1. The van der Waals surface area contributed by atoms with Crippen molar-refractivity contribution in [3.05, 3.63) is 71.8 Å². The minimum atomic E-state index is -1.43. The van der Waals surface area contributed by atoms with Gasteiger partial charge in [-0.1, -0.05) is 55.5 Å². The normalized spacial score (nSPS) is 25.1. The highest BCUT2D eigenvalue weighted by atomic mass is 19.1. The van der Waals surface area contributed by atoms with Crippen LogP contribution in [-0.4, -0.2) is 48.7 Å². The molecule has 1 N–H and O–H groups in total. The highest BCUT2D eigenvalue weighted by molar-refractivity contribution is 5.90. The van der Waals surface area contributed by atoms with Crippen LogP contribution >= 0.6 is 0 Å². The largest absolute Gasteiger partial charge is 0.453 e. The second kappa shape index (κ2) is 8.97. The van der Waals surface area contributed by atoms with E-state index in [0.717, 1.165) is 5.56 Å². The maximum absolute atomic E-state index is 15.1. The number of alkyl halides is 1. The van der Waals surface area contributed by atoms with E-state index in [2.05, 4.69) is 5.32 Å². The summed E-state index contributed by atoms with van der Waals surface area (Å²) in [6, 6.07) is 17.2. The fourth-order valence-electron chi connectivity index (χ4n) is 3.63. The molecule has 6 heteroatoms. The van der Waals surface area contributed by atoms with E-state index in [1.807, 2.05) is 35.2 Å². The molecular weight excluding hydrogens is 359 g/mol. The molecule has 0 saturated carbocycles. The van der Waals surface area contributed by atoms with Crippen molar-refractivity contribution < 1.29 is 18.7 Å². The predicted molar refractivity (Wildman–Crippen MR) is 104 cm³/mol. The average Bonchev–Trinajstić information content (AvgIpc) is 2.72. The molecule has 1 fully saturated rings. The third-order valence-corrected chi connectivity index (χ3v) is 5.08. The Kier molecular flexibility index (Phi) is 6.41. The molecule has 1 saturated heterocycles. The number of ether oxygens (including phenoxy) is 1. The van der Waals surface area contributed by atoms with Crippen LogP contribution in [0.3, 0.4) is 0 Å². The van der Waals surface area contributed by atoms with Crippen LogP contribution in [0.2, 0.25) is 0 Å². The molecule has 1 amide bonds. The Bertz CT molecular complexity index is 800. The fourth-order valence-corrected chi connectivity index (χ4v) is 3.63. The van der Waals surface area contributed by atoms with E-state index in [9.17, 15) is 9.59 Å². The zero-order chi connectivity index (χ0) is 20.1. The molecule has 2 aromatic rings. The van der Waals surface area contributed by atoms with Crippen LogP contribution < -0.4 is 5.32 Å². The summed E-state index contributed by atoms with van der Waals surface area (Å²) < 4.78 is 20.6. The number of benzene rings is 2. The molecule has 1 aliphatic heterocycles. The number of rotatable bonds is 5. The molecule has 4 unspecified atom stereocenters. The zero-order valence-corrected chi connectivity index (χ0v) is 16.0. The molecule has 0 aromatic heterocycles. The molecule has 3 rings (SSSR count). The Hall–Kier alpha value is -2.73. The second-order valence-corrected chi connectivity index (χ2v) is 7.13. The van der Waals surface area contributed by atoms with Gasteiger partial charge in [0.05, 0.1) is 5.56 Å². The summed E-state index contributed by atoms with van der Waals surface area (Å²) in [4.78, 5) is 27.1. The van der Waals surface area contributed by atoms with Crippen molar-refractivity contribution in [2.75, 3.05) is 13.6 Å². The lowest BCUT2D eigenvalue weighted by atomic mass is 9.88. The van der Waals surface area contributed by atoms with Gasteiger partial charge in [-0.15, -0.1) is 0 Å². The molecule has 5 nitrogen and oxygen atoms in total. The number of esters is 1. The molecule has 0 spiro atoms. The van der Waals surface area contributed by atoms with Crippen molar-refractivity contribution in [1.29, 1.82) is 0 Å². The first-order chi connectivity index (χ1) is 13.5. The van der Waals surface area contributed by atoms with Crippen molar-refractivity contribution in [3.63, 3.8) is 0 Å². The number of piperidine rings is 1. The van der Waals surface area contributed by atoms with Crippen molar-refractivity contribution >= 4 is 11.9 Å². The number of hydrogen-bond donors (Lipinski definition) is 1. The molecule has 0 bridgehead atoms. The Morgan fingerprint density at radius 2 is 1.71 bits per heavy atom. The van der Waals surface area contributed by atoms with Gasteiger partial charge in [0, 0.05) is 26.1 Å². The van der Waals surface area contributed by atoms with Gasteiger partial charge in [-0.05, 0) is 17.7 Å². The lowest BCUT2D eigenvalue weighted by molar-refractivity contribution is -0.141. The number of amides is 1. The van der Waals surface area contributed by atoms with E-state index in [1.165, 1.54) is 7.05 Å². The van der Waals surface area contributed by atoms with Crippen molar-refractivity contribution in [2.45, 2.75) is 31.8 Å². The number of halogens is 1. The highest BCUT2D eigenvalue weighted by Crippen LogP contribution is 2.30. The number of carbonyl (C=O) groups excluding carboxylic acids is 2. The Morgan fingerprint density at radius 1 is 1.11 bits per heavy atom. The minimum Gasteiger partial charge on any atom is -0.453 e. The summed E-state index contributed by atoms with van der Waals surface area (Å²) in [5.74, 6) is -1.37. The van der Waals surface area contributed by atoms with Crippen LogP contribution in [0.5, 0.6) is 0 Å². The molecule has 2 aromatic carbocycles. The summed E-state index contributed by atoms with van der Waals surface area (Å²) in [7, 11) is 1.50. The average molecular weight is 384 g/mol. The summed E-state index contributed by atoms with van der Waals surface area (Å²) in [6.45, 7) is 2.63. The zero-order valence-electron chi connectivity index (χ0n) is 16.0. The fraction of sp³-hybridized carbons (Fsp3) is 0.364. The van der Waals surface area contributed by atoms with E-state index in [4.69, 9.17) is 4.74 Å². The lowest BCUT2D eigenvalue weighted by Crippen LogP contribution is -2.63. The molecule has 28 heavy (non-hydrogen) atoms. The number of likely N-dealkylation sites (N-methyl/N-ethyl adjacent to an activating group) is 1. The van der Waals surface area contributed by atoms with Gasteiger partial charge in [0.2, 0.25) is 5.91 Å². The van der Waals surface area contributed by atoms with Gasteiger partial charge in [-0.3, -0.25) is 9.69 Å². The summed E-state index contributed by atoms with van der Waals surface area (Å²) in [6.07, 6.45) is -2.61. The molecule has 0 aliphatic carbocycles. The summed E-state index contributed by atoms with van der Waals surface area (Å²) >= 11 is 0. The van der Waals surface area contributed by atoms with Crippen LogP contribution in [0.15, 0.2) is 60.7 Å². The molecule has 1 heterocycles. The first-order valence-corrected chi connectivity index (χ1v) is 9.41. The number of hydrogen-bond acceptors (Lipinski definition) is 4. The van der Waals surface area contributed by atoms with Gasteiger partial charge in [0.1, 0.15) is 12.2 Å². The second-order valence-electron chi connectivity index (χ2n) is 7.13. The number of nitrogens with zero attached hydrogens (tertiary/aromatic N) is 1. The minimum absolute atomic E-state index is 0.332. The quantitative estimate of drug-likeness (QED) is 0.806.